The summed E-state index contributed by atoms with van der Waals surface area (Å²) in [6.07, 6.45) is 1.72. The normalized spacial score (nSPS) is 17.5. The van der Waals surface area contributed by atoms with Gasteiger partial charge in [0.25, 0.3) is 0 Å². The molecule has 1 rings (SSSR count). The number of nitrogens with zero attached hydrogens (tertiary/aromatic N) is 2. The lowest BCUT2D eigenvalue weighted by Gasteiger charge is -2.22. The number of carbonyl (C=O) groups excluding carboxylic acids is 1. The Labute approximate surface area is 66.4 Å². The minimum absolute atomic E-state index is 0.0561. The molecule has 0 aromatic rings. The Kier molecular flexibility index (Phi) is 2.08. The maximum atomic E-state index is 10.9. The Morgan fingerprint density at radius 3 is 2.82 bits per heavy atom. The highest BCUT2D eigenvalue weighted by Gasteiger charge is 2.12. The van der Waals surface area contributed by atoms with Gasteiger partial charge in [-0.15, -0.1) is 0 Å². The summed E-state index contributed by atoms with van der Waals surface area (Å²) >= 11 is 0. The average molecular weight is 152 g/mol. The molecule has 3 heteroatoms. The first-order valence-electron chi connectivity index (χ1n) is 3.57. The summed E-state index contributed by atoms with van der Waals surface area (Å²) in [6.45, 7) is 4.15. The van der Waals surface area contributed by atoms with Crippen molar-refractivity contribution < 1.29 is 4.79 Å². The highest BCUT2D eigenvalue weighted by Crippen LogP contribution is 2.06. The van der Waals surface area contributed by atoms with Crippen molar-refractivity contribution in [2.75, 3.05) is 13.6 Å². The van der Waals surface area contributed by atoms with Gasteiger partial charge in [0.2, 0.25) is 0 Å². The molecule has 0 N–H and O–H groups in total. The van der Waals surface area contributed by atoms with Crippen molar-refractivity contribution in [3.8, 4) is 0 Å². The Balaban J connectivity index is 2.82. The third-order valence-electron chi connectivity index (χ3n) is 1.80. The van der Waals surface area contributed by atoms with Crippen LogP contribution in [0, 0.1) is 0 Å². The van der Waals surface area contributed by atoms with Gasteiger partial charge >= 0.3 is 0 Å². The van der Waals surface area contributed by atoms with Gasteiger partial charge in [0.05, 0.1) is 6.54 Å². The fourth-order valence-electron chi connectivity index (χ4n) is 0.862. The number of hydrogen-bond acceptors (Lipinski definition) is 3. The highest BCUT2D eigenvalue weighted by molar-refractivity contribution is 6.40. The van der Waals surface area contributed by atoms with E-state index in [1.165, 1.54) is 0 Å². The van der Waals surface area contributed by atoms with E-state index in [-0.39, 0.29) is 5.78 Å². The first kappa shape index (κ1) is 7.98. The van der Waals surface area contributed by atoms with E-state index in [9.17, 15) is 4.79 Å². The van der Waals surface area contributed by atoms with Crippen LogP contribution >= 0.6 is 0 Å². The van der Waals surface area contributed by atoms with E-state index in [2.05, 4.69) is 4.99 Å². The molecule has 0 atom stereocenters. The van der Waals surface area contributed by atoms with Crippen molar-refractivity contribution >= 4 is 11.5 Å². The summed E-state index contributed by atoms with van der Waals surface area (Å²) in [5.41, 5.74) is 1.73. The molecule has 3 nitrogen and oxygen atoms in total. The smallest absolute Gasteiger partial charge is 0.175 e. The van der Waals surface area contributed by atoms with Crippen molar-refractivity contribution in [2.45, 2.75) is 13.8 Å². The van der Waals surface area contributed by atoms with Gasteiger partial charge in [0, 0.05) is 25.9 Å². The minimum Gasteiger partial charge on any atom is -0.371 e. The van der Waals surface area contributed by atoms with Gasteiger partial charge in [0.1, 0.15) is 5.71 Å². The highest BCUT2D eigenvalue weighted by atomic mass is 16.1. The van der Waals surface area contributed by atoms with Crippen LogP contribution in [0.2, 0.25) is 0 Å². The summed E-state index contributed by atoms with van der Waals surface area (Å²) in [6, 6.07) is 0. The average Bonchev–Trinajstić information content (AvgIpc) is 1.94. The third-order valence-corrected chi connectivity index (χ3v) is 1.80. The van der Waals surface area contributed by atoms with Gasteiger partial charge in [0.15, 0.2) is 5.78 Å². The number of hydrogen-bond donors (Lipinski definition) is 0. The molecule has 1 heterocycles. The monoisotopic (exact) mass is 152 g/mol. The second-order valence-corrected chi connectivity index (χ2v) is 2.76. The molecule has 0 saturated heterocycles. The number of ketones is 1. The lowest BCUT2D eigenvalue weighted by Crippen LogP contribution is -2.30. The maximum Gasteiger partial charge on any atom is 0.175 e. The van der Waals surface area contributed by atoms with Crippen LogP contribution in [-0.2, 0) is 4.79 Å². The van der Waals surface area contributed by atoms with E-state index >= 15 is 0 Å². The number of rotatable bonds is 1. The van der Waals surface area contributed by atoms with Crippen LogP contribution in [0.5, 0.6) is 0 Å². The molecule has 1 aliphatic heterocycles. The summed E-state index contributed by atoms with van der Waals surface area (Å²) in [5.74, 6) is 0.0561. The third kappa shape index (κ3) is 1.67. The second kappa shape index (κ2) is 2.86. The standard InChI is InChI=1S/C8H12N2O/c1-6-4-9-8(7(2)11)5-10(6)3/h4H,5H2,1-3H3. The van der Waals surface area contributed by atoms with Crippen LogP contribution < -0.4 is 0 Å². The van der Waals surface area contributed by atoms with Crippen molar-refractivity contribution in [2.24, 2.45) is 4.99 Å². The fraction of sp³-hybridized carbons (Fsp3) is 0.500. The minimum atomic E-state index is 0.0561. The zero-order chi connectivity index (χ0) is 8.43. The molecule has 0 saturated carbocycles. The van der Waals surface area contributed by atoms with Crippen molar-refractivity contribution in [1.82, 2.24) is 4.90 Å². The lowest BCUT2D eigenvalue weighted by atomic mass is 10.2. The SMILES string of the molecule is CC(=O)C1=NC=C(C)N(C)C1. The molecular weight excluding hydrogens is 140 g/mol. The Morgan fingerprint density at radius 2 is 2.36 bits per heavy atom. The Hall–Kier alpha value is -1.12. The molecule has 11 heavy (non-hydrogen) atoms. The number of Topliss-reactive ketones (excluding diaryl/α,β-unsaturated/α-hetero) is 1. The molecular formula is C8H12N2O. The molecule has 60 valence electrons. The Morgan fingerprint density at radius 1 is 1.73 bits per heavy atom. The largest absolute Gasteiger partial charge is 0.371 e. The quantitative estimate of drug-likeness (QED) is 0.557. The lowest BCUT2D eigenvalue weighted by molar-refractivity contribution is -0.111. The van der Waals surface area contributed by atoms with Crippen molar-refractivity contribution in [3.63, 3.8) is 0 Å². The molecule has 0 aromatic heterocycles. The van der Waals surface area contributed by atoms with Crippen LogP contribution in [0.3, 0.4) is 0 Å². The van der Waals surface area contributed by atoms with E-state index in [4.69, 9.17) is 0 Å². The zero-order valence-electron chi connectivity index (χ0n) is 7.09. The molecule has 1 aliphatic rings. The molecule has 0 radical (unpaired) electrons. The van der Waals surface area contributed by atoms with E-state index < -0.39 is 0 Å². The van der Waals surface area contributed by atoms with Crippen LogP contribution in [0.25, 0.3) is 0 Å². The van der Waals surface area contributed by atoms with Gasteiger partial charge in [-0.2, -0.15) is 0 Å². The molecule has 0 aliphatic carbocycles. The van der Waals surface area contributed by atoms with Gasteiger partial charge in [-0.1, -0.05) is 0 Å². The van der Waals surface area contributed by atoms with Crippen molar-refractivity contribution in [3.05, 3.63) is 11.9 Å². The van der Waals surface area contributed by atoms with E-state index in [0.29, 0.717) is 12.3 Å². The number of aliphatic imine (C=N–C) groups is 1. The van der Waals surface area contributed by atoms with Crippen LogP contribution in [0.15, 0.2) is 16.9 Å². The predicted octanol–water partition coefficient (Wildman–Crippen LogP) is 0.823. The van der Waals surface area contributed by atoms with Gasteiger partial charge in [-0.25, -0.2) is 0 Å². The topological polar surface area (TPSA) is 32.7 Å². The van der Waals surface area contributed by atoms with Crippen LogP contribution in [0.1, 0.15) is 13.8 Å². The molecule has 0 unspecified atom stereocenters. The Bertz CT molecular complexity index is 240. The van der Waals surface area contributed by atoms with Gasteiger partial charge in [-0.3, -0.25) is 9.79 Å². The summed E-state index contributed by atoms with van der Waals surface area (Å²) < 4.78 is 0. The molecule has 0 fully saturated rings. The first-order valence-corrected chi connectivity index (χ1v) is 3.57. The molecule has 0 amide bonds. The van der Waals surface area contributed by atoms with Crippen molar-refractivity contribution in [1.29, 1.82) is 0 Å². The van der Waals surface area contributed by atoms with E-state index in [0.717, 1.165) is 5.70 Å². The molecule has 0 bridgehead atoms. The summed E-state index contributed by atoms with van der Waals surface area (Å²) in [5, 5.41) is 0. The summed E-state index contributed by atoms with van der Waals surface area (Å²) in [4.78, 5) is 16.9. The van der Waals surface area contributed by atoms with Gasteiger partial charge < -0.3 is 4.90 Å². The number of allylic oxidation sites excluding steroid dienone is 1. The number of carbonyl (C=O) groups is 1. The predicted molar refractivity (Wildman–Crippen MR) is 44.5 cm³/mol. The molecule has 0 spiro atoms. The maximum absolute atomic E-state index is 10.9. The van der Waals surface area contributed by atoms with Crippen LogP contribution in [0.4, 0.5) is 0 Å². The van der Waals surface area contributed by atoms with E-state index in [1.54, 1.807) is 13.1 Å². The first-order chi connectivity index (χ1) is 5.11. The second-order valence-electron chi connectivity index (χ2n) is 2.76. The van der Waals surface area contributed by atoms with E-state index in [1.807, 2.05) is 18.9 Å². The molecule has 0 aromatic carbocycles. The van der Waals surface area contributed by atoms with Crippen LogP contribution in [-0.4, -0.2) is 30.0 Å². The fourth-order valence-corrected chi connectivity index (χ4v) is 0.862. The van der Waals surface area contributed by atoms with Gasteiger partial charge in [-0.05, 0) is 6.92 Å². The summed E-state index contributed by atoms with van der Waals surface area (Å²) in [7, 11) is 1.95. The zero-order valence-corrected chi connectivity index (χ0v) is 7.09.